The second-order valence-electron chi connectivity index (χ2n) is 6.22. The standard InChI is InChI=1S/C15H23N3O2S/c1-5-9(19)12-11(16)10(13(20)17-4)14(21-12)18-7-6-15(2,3)8-18/h5-8,16H2,1-4H3,(H,17,20). The maximum Gasteiger partial charge on any atom is 0.256 e. The Morgan fingerprint density at radius 3 is 2.57 bits per heavy atom. The zero-order valence-electron chi connectivity index (χ0n) is 13.1. The quantitative estimate of drug-likeness (QED) is 0.838. The highest BCUT2D eigenvalue weighted by Crippen LogP contribution is 2.43. The van der Waals surface area contributed by atoms with Crippen LogP contribution in [-0.2, 0) is 0 Å². The van der Waals surface area contributed by atoms with Crippen molar-refractivity contribution in [1.29, 1.82) is 0 Å². The summed E-state index contributed by atoms with van der Waals surface area (Å²) in [7, 11) is 1.58. The van der Waals surface area contributed by atoms with E-state index in [0.29, 0.717) is 22.5 Å². The predicted octanol–water partition coefficient (Wildman–Crippen LogP) is 2.52. The van der Waals surface area contributed by atoms with E-state index in [1.807, 2.05) is 0 Å². The van der Waals surface area contributed by atoms with Gasteiger partial charge in [0.2, 0.25) is 0 Å². The molecule has 0 radical (unpaired) electrons. The summed E-state index contributed by atoms with van der Waals surface area (Å²) in [4.78, 5) is 26.9. The number of Topliss-reactive ketones (excluding diaryl/α,β-unsaturated/α-hetero) is 1. The van der Waals surface area contributed by atoms with Crippen molar-refractivity contribution in [1.82, 2.24) is 5.32 Å². The highest BCUT2D eigenvalue weighted by molar-refractivity contribution is 7.19. The van der Waals surface area contributed by atoms with Crippen molar-refractivity contribution < 1.29 is 9.59 Å². The lowest BCUT2D eigenvalue weighted by Crippen LogP contribution is -2.26. The fraction of sp³-hybridized carbons (Fsp3) is 0.600. The molecule has 6 heteroatoms. The first-order valence-corrected chi connectivity index (χ1v) is 8.05. The van der Waals surface area contributed by atoms with E-state index in [1.54, 1.807) is 14.0 Å². The molecule has 116 valence electrons. The fourth-order valence-corrected chi connectivity index (χ4v) is 3.91. The van der Waals surface area contributed by atoms with Crippen molar-refractivity contribution in [2.24, 2.45) is 5.41 Å². The highest BCUT2D eigenvalue weighted by Gasteiger charge is 2.34. The molecule has 0 aromatic carbocycles. The maximum absolute atomic E-state index is 12.2. The minimum atomic E-state index is -0.224. The minimum Gasteiger partial charge on any atom is -0.397 e. The van der Waals surface area contributed by atoms with E-state index in [0.717, 1.165) is 24.5 Å². The molecule has 1 amide bonds. The third kappa shape index (κ3) is 2.90. The molecular formula is C15H23N3O2S. The second kappa shape index (κ2) is 5.67. The molecule has 2 heterocycles. The summed E-state index contributed by atoms with van der Waals surface area (Å²) >= 11 is 1.35. The van der Waals surface area contributed by atoms with Crippen molar-refractivity contribution in [2.45, 2.75) is 33.6 Å². The van der Waals surface area contributed by atoms with Crippen molar-refractivity contribution in [3.63, 3.8) is 0 Å². The van der Waals surface area contributed by atoms with Crippen molar-refractivity contribution >= 4 is 33.7 Å². The number of carbonyl (C=O) groups excluding carboxylic acids is 2. The summed E-state index contributed by atoms with van der Waals surface area (Å²) in [5.41, 5.74) is 7.09. The van der Waals surface area contributed by atoms with Gasteiger partial charge in [-0.1, -0.05) is 20.8 Å². The number of thiophene rings is 1. The van der Waals surface area contributed by atoms with Crippen LogP contribution in [0.1, 0.15) is 53.6 Å². The number of nitrogens with two attached hydrogens (primary N) is 1. The molecule has 0 bridgehead atoms. The molecule has 0 aliphatic carbocycles. The van der Waals surface area contributed by atoms with Crippen molar-refractivity contribution in [3.05, 3.63) is 10.4 Å². The molecule has 2 rings (SSSR count). The van der Waals surface area contributed by atoms with E-state index < -0.39 is 0 Å². The van der Waals surface area contributed by atoms with Gasteiger partial charge >= 0.3 is 0 Å². The number of amides is 1. The maximum atomic E-state index is 12.2. The first kappa shape index (κ1) is 15.8. The molecule has 0 spiro atoms. The van der Waals surface area contributed by atoms with Crippen LogP contribution >= 0.6 is 11.3 Å². The Bertz CT molecular complexity index is 578. The van der Waals surface area contributed by atoms with E-state index in [-0.39, 0.29) is 17.1 Å². The van der Waals surface area contributed by atoms with E-state index >= 15 is 0 Å². The number of rotatable bonds is 4. The molecule has 3 N–H and O–H groups in total. The largest absolute Gasteiger partial charge is 0.397 e. The number of hydrogen-bond acceptors (Lipinski definition) is 5. The van der Waals surface area contributed by atoms with Crippen LogP contribution in [0.3, 0.4) is 0 Å². The van der Waals surface area contributed by atoms with Crippen LogP contribution in [-0.4, -0.2) is 31.8 Å². The summed E-state index contributed by atoms with van der Waals surface area (Å²) in [6.07, 6.45) is 1.46. The number of ketones is 1. The van der Waals surface area contributed by atoms with Crippen molar-refractivity contribution in [2.75, 3.05) is 30.8 Å². The highest BCUT2D eigenvalue weighted by atomic mass is 32.1. The number of anilines is 2. The van der Waals surface area contributed by atoms with Gasteiger partial charge in [0, 0.05) is 26.6 Å². The molecule has 0 saturated carbocycles. The van der Waals surface area contributed by atoms with E-state index in [2.05, 4.69) is 24.1 Å². The molecule has 1 aliphatic rings. The molecular weight excluding hydrogens is 286 g/mol. The van der Waals surface area contributed by atoms with E-state index in [4.69, 9.17) is 5.73 Å². The lowest BCUT2D eigenvalue weighted by atomic mass is 9.93. The molecule has 1 aromatic rings. The summed E-state index contributed by atoms with van der Waals surface area (Å²) in [5.74, 6) is -0.231. The monoisotopic (exact) mass is 309 g/mol. The Balaban J connectivity index is 2.49. The predicted molar refractivity (Wildman–Crippen MR) is 87.4 cm³/mol. The van der Waals surface area contributed by atoms with E-state index in [9.17, 15) is 9.59 Å². The lowest BCUT2D eigenvalue weighted by Gasteiger charge is -2.21. The average Bonchev–Trinajstić information content (AvgIpc) is 2.97. The SMILES string of the molecule is CCC(=O)c1sc(N2CCC(C)(C)C2)c(C(=O)NC)c1N. The van der Waals surface area contributed by atoms with Gasteiger partial charge in [-0.05, 0) is 11.8 Å². The Labute approximate surface area is 129 Å². The average molecular weight is 309 g/mol. The van der Waals surface area contributed by atoms with Crippen molar-refractivity contribution in [3.8, 4) is 0 Å². The number of hydrogen-bond donors (Lipinski definition) is 2. The van der Waals surface area contributed by atoms with Gasteiger partial charge in [-0.25, -0.2) is 0 Å². The Morgan fingerprint density at radius 2 is 2.10 bits per heavy atom. The molecule has 5 nitrogen and oxygen atoms in total. The van der Waals surface area contributed by atoms with Gasteiger partial charge in [0.1, 0.15) is 5.00 Å². The van der Waals surface area contributed by atoms with Gasteiger partial charge in [0.15, 0.2) is 5.78 Å². The zero-order chi connectivity index (χ0) is 15.8. The molecule has 0 unspecified atom stereocenters. The summed E-state index contributed by atoms with van der Waals surface area (Å²) < 4.78 is 0. The normalized spacial score (nSPS) is 17.0. The van der Waals surface area contributed by atoms with Crippen LogP contribution in [0.5, 0.6) is 0 Å². The number of nitrogens with zero attached hydrogens (tertiary/aromatic N) is 1. The molecule has 1 aromatic heterocycles. The van der Waals surface area contributed by atoms with Gasteiger partial charge < -0.3 is 16.0 Å². The number of nitrogen functional groups attached to an aromatic ring is 1. The second-order valence-corrected chi connectivity index (χ2v) is 7.22. The molecule has 1 saturated heterocycles. The lowest BCUT2D eigenvalue weighted by molar-refractivity contribution is 0.0964. The minimum absolute atomic E-state index is 0.00707. The number of nitrogens with one attached hydrogen (secondary N) is 1. The third-order valence-electron chi connectivity index (χ3n) is 3.92. The fourth-order valence-electron chi connectivity index (χ4n) is 2.65. The van der Waals surface area contributed by atoms with Gasteiger partial charge in [0.25, 0.3) is 5.91 Å². The molecule has 1 aliphatic heterocycles. The van der Waals surface area contributed by atoms with Gasteiger partial charge in [-0.2, -0.15) is 0 Å². The molecule has 21 heavy (non-hydrogen) atoms. The van der Waals surface area contributed by atoms with Crippen LogP contribution in [0.25, 0.3) is 0 Å². The smallest absolute Gasteiger partial charge is 0.256 e. The summed E-state index contributed by atoms with van der Waals surface area (Å²) in [6, 6.07) is 0. The topological polar surface area (TPSA) is 75.4 Å². The first-order chi connectivity index (χ1) is 9.80. The van der Waals surface area contributed by atoms with E-state index in [1.165, 1.54) is 11.3 Å². The zero-order valence-corrected chi connectivity index (χ0v) is 13.9. The Kier molecular flexibility index (Phi) is 4.27. The van der Waals surface area contributed by atoms with Crippen LogP contribution < -0.4 is 16.0 Å². The summed E-state index contributed by atoms with van der Waals surface area (Å²) in [5, 5.41) is 3.45. The number of carbonyl (C=O) groups is 2. The molecule has 1 fully saturated rings. The third-order valence-corrected chi connectivity index (χ3v) is 5.23. The van der Waals surface area contributed by atoms with Crippen LogP contribution in [0.4, 0.5) is 10.7 Å². The molecule has 0 atom stereocenters. The van der Waals surface area contributed by atoms with Crippen LogP contribution in [0.2, 0.25) is 0 Å². The van der Waals surface area contributed by atoms with Gasteiger partial charge in [-0.15, -0.1) is 11.3 Å². The van der Waals surface area contributed by atoms with Crippen LogP contribution in [0.15, 0.2) is 0 Å². The first-order valence-electron chi connectivity index (χ1n) is 7.23. The van der Waals surface area contributed by atoms with Gasteiger partial charge in [0.05, 0.1) is 16.1 Å². The summed E-state index contributed by atoms with van der Waals surface area (Å²) in [6.45, 7) is 7.98. The Morgan fingerprint density at radius 1 is 1.43 bits per heavy atom. The van der Waals surface area contributed by atoms with Gasteiger partial charge in [-0.3, -0.25) is 9.59 Å². The van der Waals surface area contributed by atoms with Crippen LogP contribution in [0, 0.1) is 5.41 Å². The Hall–Kier alpha value is -1.56.